The molecule has 0 spiro atoms. The summed E-state index contributed by atoms with van der Waals surface area (Å²) in [5.41, 5.74) is 0.724. The molecule has 5 heteroatoms. The normalized spacial score (nSPS) is 18.1. The molecule has 116 valence electrons. The molecule has 0 saturated carbocycles. The van der Waals surface area contributed by atoms with Gasteiger partial charge in [0.25, 0.3) is 5.91 Å². The number of morpholine rings is 1. The summed E-state index contributed by atoms with van der Waals surface area (Å²) in [6.45, 7) is 6.00. The zero-order valence-electron chi connectivity index (χ0n) is 12.6. The maximum Gasteiger partial charge on any atom is 0.263 e. The SMILES string of the molecule is CC[C@H](O)c1ccccc1OC(C)C(=O)N1CCOCC1. The van der Waals surface area contributed by atoms with Gasteiger partial charge in [0.1, 0.15) is 5.75 Å². The van der Waals surface area contributed by atoms with Gasteiger partial charge in [0.15, 0.2) is 6.10 Å². The van der Waals surface area contributed by atoms with Gasteiger partial charge in [0, 0.05) is 18.7 Å². The van der Waals surface area contributed by atoms with Gasteiger partial charge in [0.05, 0.1) is 19.3 Å². The summed E-state index contributed by atoms with van der Waals surface area (Å²) < 4.78 is 11.0. The van der Waals surface area contributed by atoms with Crippen LogP contribution in [0.5, 0.6) is 5.75 Å². The molecule has 2 rings (SSSR count). The van der Waals surface area contributed by atoms with Crippen molar-refractivity contribution in [2.45, 2.75) is 32.5 Å². The number of hydrogen-bond acceptors (Lipinski definition) is 4. The van der Waals surface area contributed by atoms with Crippen LogP contribution in [0.1, 0.15) is 31.9 Å². The third-order valence-electron chi connectivity index (χ3n) is 3.64. The van der Waals surface area contributed by atoms with Gasteiger partial charge in [-0.15, -0.1) is 0 Å². The van der Waals surface area contributed by atoms with E-state index in [9.17, 15) is 9.90 Å². The van der Waals surface area contributed by atoms with E-state index < -0.39 is 12.2 Å². The van der Waals surface area contributed by atoms with E-state index in [0.29, 0.717) is 38.5 Å². The third-order valence-corrected chi connectivity index (χ3v) is 3.64. The van der Waals surface area contributed by atoms with Gasteiger partial charge in [-0.25, -0.2) is 0 Å². The molecule has 1 fully saturated rings. The molecule has 5 nitrogen and oxygen atoms in total. The molecule has 2 atom stereocenters. The van der Waals surface area contributed by atoms with E-state index in [1.54, 1.807) is 17.9 Å². The van der Waals surface area contributed by atoms with Gasteiger partial charge in [-0.1, -0.05) is 25.1 Å². The van der Waals surface area contributed by atoms with Crippen LogP contribution in [0.3, 0.4) is 0 Å². The van der Waals surface area contributed by atoms with Gasteiger partial charge in [-0.05, 0) is 19.4 Å². The van der Waals surface area contributed by atoms with Crippen LogP contribution in [0.4, 0.5) is 0 Å². The summed E-state index contributed by atoms with van der Waals surface area (Å²) in [6, 6.07) is 7.31. The van der Waals surface area contributed by atoms with Crippen molar-refractivity contribution in [3.63, 3.8) is 0 Å². The Balaban J connectivity index is 2.05. The van der Waals surface area contributed by atoms with E-state index in [1.807, 2.05) is 25.1 Å². The second-order valence-corrected chi connectivity index (χ2v) is 5.16. The maximum atomic E-state index is 12.3. The van der Waals surface area contributed by atoms with Crippen LogP contribution in [0.25, 0.3) is 0 Å². The lowest BCUT2D eigenvalue weighted by atomic mass is 10.1. The fraction of sp³-hybridized carbons (Fsp3) is 0.562. The van der Waals surface area contributed by atoms with E-state index in [2.05, 4.69) is 0 Å². The number of aliphatic hydroxyl groups is 1. The van der Waals surface area contributed by atoms with E-state index in [1.165, 1.54) is 0 Å². The fourth-order valence-corrected chi connectivity index (χ4v) is 2.36. The van der Waals surface area contributed by atoms with E-state index in [4.69, 9.17) is 9.47 Å². The van der Waals surface area contributed by atoms with Crippen molar-refractivity contribution in [1.82, 2.24) is 4.90 Å². The van der Waals surface area contributed by atoms with E-state index in [0.717, 1.165) is 5.56 Å². The Morgan fingerprint density at radius 1 is 1.38 bits per heavy atom. The number of carbonyl (C=O) groups is 1. The van der Waals surface area contributed by atoms with Crippen LogP contribution >= 0.6 is 0 Å². The monoisotopic (exact) mass is 293 g/mol. The molecule has 1 heterocycles. The number of benzene rings is 1. The van der Waals surface area contributed by atoms with Gasteiger partial charge in [-0.2, -0.15) is 0 Å². The minimum atomic E-state index is -0.577. The molecule has 1 unspecified atom stereocenters. The number of aliphatic hydroxyl groups excluding tert-OH is 1. The number of amides is 1. The van der Waals surface area contributed by atoms with Crippen LogP contribution in [0, 0.1) is 0 Å². The number of para-hydroxylation sites is 1. The van der Waals surface area contributed by atoms with Gasteiger partial charge < -0.3 is 19.5 Å². The highest BCUT2D eigenvalue weighted by atomic mass is 16.5. The Morgan fingerprint density at radius 2 is 2.05 bits per heavy atom. The molecule has 1 saturated heterocycles. The lowest BCUT2D eigenvalue weighted by Gasteiger charge is -2.29. The fourth-order valence-electron chi connectivity index (χ4n) is 2.36. The van der Waals surface area contributed by atoms with Crippen molar-refractivity contribution in [3.05, 3.63) is 29.8 Å². The summed E-state index contributed by atoms with van der Waals surface area (Å²) in [6.07, 6.45) is -0.549. The highest BCUT2D eigenvalue weighted by molar-refractivity contribution is 5.81. The van der Waals surface area contributed by atoms with Crippen molar-refractivity contribution in [2.75, 3.05) is 26.3 Å². The predicted octanol–water partition coefficient (Wildman–Crippen LogP) is 1.76. The lowest BCUT2D eigenvalue weighted by molar-refractivity contribution is -0.142. The average molecular weight is 293 g/mol. The number of hydrogen-bond donors (Lipinski definition) is 1. The first-order valence-electron chi connectivity index (χ1n) is 7.43. The molecule has 0 aromatic heterocycles. The van der Waals surface area contributed by atoms with Gasteiger partial charge >= 0.3 is 0 Å². The second-order valence-electron chi connectivity index (χ2n) is 5.16. The zero-order valence-corrected chi connectivity index (χ0v) is 12.6. The van der Waals surface area contributed by atoms with Crippen LogP contribution in [0.2, 0.25) is 0 Å². The molecule has 0 bridgehead atoms. The zero-order chi connectivity index (χ0) is 15.2. The highest BCUT2D eigenvalue weighted by Gasteiger charge is 2.24. The Morgan fingerprint density at radius 3 is 2.71 bits per heavy atom. The quantitative estimate of drug-likeness (QED) is 0.898. The van der Waals surface area contributed by atoms with Crippen molar-refractivity contribution >= 4 is 5.91 Å². The molecule has 1 amide bonds. The summed E-state index contributed by atoms with van der Waals surface area (Å²) >= 11 is 0. The Hall–Kier alpha value is -1.59. The molecule has 1 aromatic rings. The highest BCUT2D eigenvalue weighted by Crippen LogP contribution is 2.27. The summed E-state index contributed by atoms with van der Waals surface area (Å²) in [7, 11) is 0. The molecule has 0 radical (unpaired) electrons. The van der Waals surface area contributed by atoms with Gasteiger partial charge in [0.2, 0.25) is 0 Å². The Kier molecular flexibility index (Phi) is 5.59. The molecule has 21 heavy (non-hydrogen) atoms. The van der Waals surface area contributed by atoms with Crippen molar-refractivity contribution in [3.8, 4) is 5.75 Å². The van der Waals surface area contributed by atoms with Crippen molar-refractivity contribution in [2.24, 2.45) is 0 Å². The first-order valence-corrected chi connectivity index (χ1v) is 7.43. The molecule has 1 N–H and O–H groups in total. The maximum absolute atomic E-state index is 12.3. The van der Waals surface area contributed by atoms with Crippen molar-refractivity contribution < 1.29 is 19.4 Å². The molecule has 1 aliphatic rings. The number of carbonyl (C=O) groups excluding carboxylic acids is 1. The molecule has 1 aromatic carbocycles. The first kappa shape index (κ1) is 15.8. The van der Waals surface area contributed by atoms with Crippen molar-refractivity contribution in [1.29, 1.82) is 0 Å². The average Bonchev–Trinajstić information content (AvgIpc) is 2.54. The summed E-state index contributed by atoms with van der Waals surface area (Å²) in [5.74, 6) is 0.528. The Bertz CT molecular complexity index is 471. The topological polar surface area (TPSA) is 59.0 Å². The number of rotatable bonds is 5. The van der Waals surface area contributed by atoms with Crippen LogP contribution in [-0.4, -0.2) is 48.3 Å². The van der Waals surface area contributed by atoms with Crippen LogP contribution in [-0.2, 0) is 9.53 Å². The largest absolute Gasteiger partial charge is 0.481 e. The summed E-state index contributed by atoms with van der Waals surface area (Å²) in [4.78, 5) is 14.1. The number of ether oxygens (including phenoxy) is 2. The van der Waals surface area contributed by atoms with Crippen LogP contribution in [0.15, 0.2) is 24.3 Å². The molecule has 0 aliphatic carbocycles. The second kappa shape index (κ2) is 7.43. The van der Waals surface area contributed by atoms with Crippen LogP contribution < -0.4 is 4.74 Å². The minimum Gasteiger partial charge on any atom is -0.481 e. The van der Waals surface area contributed by atoms with Gasteiger partial charge in [-0.3, -0.25) is 4.79 Å². The molecular formula is C16H23NO4. The lowest BCUT2D eigenvalue weighted by Crippen LogP contribution is -2.46. The smallest absolute Gasteiger partial charge is 0.263 e. The first-order chi connectivity index (χ1) is 10.1. The molecular weight excluding hydrogens is 270 g/mol. The predicted molar refractivity (Wildman–Crippen MR) is 79.2 cm³/mol. The summed E-state index contributed by atoms with van der Waals surface area (Å²) in [5, 5.41) is 10.0. The van der Waals surface area contributed by atoms with E-state index >= 15 is 0 Å². The van der Waals surface area contributed by atoms with E-state index in [-0.39, 0.29) is 5.91 Å². The minimum absolute atomic E-state index is 0.0425. The Labute approximate surface area is 125 Å². The number of nitrogens with zero attached hydrogens (tertiary/aromatic N) is 1. The standard InChI is InChI=1S/C16H23NO4/c1-3-14(18)13-6-4-5-7-15(13)21-12(2)16(19)17-8-10-20-11-9-17/h4-7,12,14,18H,3,8-11H2,1-2H3/t12?,14-/m0/s1. The third kappa shape index (κ3) is 3.95. The molecule has 1 aliphatic heterocycles.